The van der Waals surface area contributed by atoms with Crippen LogP contribution in [0.5, 0.6) is 0 Å². The summed E-state index contributed by atoms with van der Waals surface area (Å²) >= 11 is 0. The molecule has 2 aromatic carbocycles. The number of hydrogen-bond acceptors (Lipinski definition) is 2. The van der Waals surface area contributed by atoms with Crippen molar-refractivity contribution in [2.75, 3.05) is 7.05 Å². The number of hydrogen-bond donors (Lipinski definition) is 0. The standard InChI is InChI=1S/C22H24N2/c1-24-20-11-12-21(24)14-19(13-20)22(17-5-3-2-4-6-17)18-9-7-16(15-23)8-10-18/h2-10,19-22H,11-14H2,1H3/t19?,20-,21+,22?. The van der Waals surface area contributed by atoms with E-state index in [2.05, 4.69) is 60.5 Å². The Balaban J connectivity index is 1.70. The monoisotopic (exact) mass is 316 g/mol. The van der Waals surface area contributed by atoms with Gasteiger partial charge in [0.05, 0.1) is 11.6 Å². The summed E-state index contributed by atoms with van der Waals surface area (Å²) in [7, 11) is 2.30. The van der Waals surface area contributed by atoms with E-state index in [9.17, 15) is 0 Å². The number of benzene rings is 2. The summed E-state index contributed by atoms with van der Waals surface area (Å²) in [5.41, 5.74) is 3.51. The molecule has 4 rings (SSSR count). The van der Waals surface area contributed by atoms with Crippen molar-refractivity contribution in [3.05, 3.63) is 71.3 Å². The second-order valence-corrected chi connectivity index (χ2v) is 7.40. The van der Waals surface area contributed by atoms with Crippen molar-refractivity contribution >= 4 is 0 Å². The minimum Gasteiger partial charge on any atom is -0.300 e. The highest BCUT2D eigenvalue weighted by molar-refractivity contribution is 5.38. The SMILES string of the molecule is CN1[C@@H]2CC[C@H]1CC(C(c1ccccc1)c1ccc(C#N)cc1)C2. The lowest BCUT2D eigenvalue weighted by molar-refractivity contribution is 0.126. The number of rotatable bonds is 3. The molecule has 2 aliphatic rings. The summed E-state index contributed by atoms with van der Waals surface area (Å²) in [6.07, 6.45) is 5.28. The number of piperidine rings is 1. The van der Waals surface area contributed by atoms with Gasteiger partial charge in [-0.25, -0.2) is 0 Å². The smallest absolute Gasteiger partial charge is 0.0991 e. The minimum absolute atomic E-state index is 0.441. The Kier molecular flexibility index (Phi) is 4.12. The molecule has 24 heavy (non-hydrogen) atoms. The van der Waals surface area contributed by atoms with E-state index in [1.54, 1.807) is 0 Å². The van der Waals surface area contributed by atoms with Crippen molar-refractivity contribution in [1.29, 1.82) is 5.26 Å². The first-order chi connectivity index (χ1) is 11.8. The first-order valence-corrected chi connectivity index (χ1v) is 9.03. The Morgan fingerprint density at radius 2 is 1.50 bits per heavy atom. The Hall–Kier alpha value is -2.11. The summed E-state index contributed by atoms with van der Waals surface area (Å²) in [4.78, 5) is 2.61. The molecule has 2 unspecified atom stereocenters. The van der Waals surface area contributed by atoms with Gasteiger partial charge in [-0.2, -0.15) is 5.26 Å². The third-order valence-electron chi connectivity index (χ3n) is 6.16. The molecular formula is C22H24N2. The zero-order valence-corrected chi connectivity index (χ0v) is 14.2. The van der Waals surface area contributed by atoms with Gasteiger partial charge in [0.25, 0.3) is 0 Å². The van der Waals surface area contributed by atoms with Crippen LogP contribution < -0.4 is 0 Å². The molecule has 2 aromatic rings. The highest BCUT2D eigenvalue weighted by Gasteiger charge is 2.41. The molecule has 4 atom stereocenters. The molecule has 2 heterocycles. The van der Waals surface area contributed by atoms with Crippen LogP contribution in [0, 0.1) is 17.2 Å². The maximum absolute atomic E-state index is 9.08. The fraction of sp³-hybridized carbons (Fsp3) is 0.409. The van der Waals surface area contributed by atoms with Gasteiger partial charge in [-0.05, 0) is 61.9 Å². The summed E-state index contributed by atoms with van der Waals surface area (Å²) in [5, 5.41) is 9.08. The maximum Gasteiger partial charge on any atom is 0.0991 e. The van der Waals surface area contributed by atoms with Gasteiger partial charge in [-0.3, -0.25) is 0 Å². The Bertz CT molecular complexity index is 715. The molecule has 122 valence electrons. The van der Waals surface area contributed by atoms with Crippen LogP contribution in [0.25, 0.3) is 0 Å². The Labute approximate surface area is 144 Å². The van der Waals surface area contributed by atoms with Crippen LogP contribution in [0.3, 0.4) is 0 Å². The average Bonchev–Trinajstić information content (AvgIpc) is 2.85. The maximum atomic E-state index is 9.08. The lowest BCUT2D eigenvalue weighted by atomic mass is 9.74. The Morgan fingerprint density at radius 1 is 0.917 bits per heavy atom. The van der Waals surface area contributed by atoms with Crippen molar-refractivity contribution in [2.24, 2.45) is 5.92 Å². The van der Waals surface area contributed by atoms with Gasteiger partial charge in [-0.15, -0.1) is 0 Å². The van der Waals surface area contributed by atoms with Crippen molar-refractivity contribution in [1.82, 2.24) is 4.90 Å². The minimum atomic E-state index is 0.441. The summed E-state index contributed by atoms with van der Waals surface area (Å²) in [5.74, 6) is 1.13. The van der Waals surface area contributed by atoms with Gasteiger partial charge < -0.3 is 4.90 Å². The van der Waals surface area contributed by atoms with Crippen molar-refractivity contribution in [3.63, 3.8) is 0 Å². The fourth-order valence-corrected chi connectivity index (χ4v) is 4.89. The molecule has 0 radical (unpaired) electrons. The quantitative estimate of drug-likeness (QED) is 0.830. The zero-order chi connectivity index (χ0) is 16.5. The molecule has 0 aliphatic carbocycles. The third-order valence-corrected chi connectivity index (χ3v) is 6.16. The van der Waals surface area contributed by atoms with Crippen LogP contribution >= 0.6 is 0 Å². The second-order valence-electron chi connectivity index (χ2n) is 7.40. The van der Waals surface area contributed by atoms with E-state index in [1.165, 1.54) is 36.8 Å². The largest absolute Gasteiger partial charge is 0.300 e. The highest BCUT2D eigenvalue weighted by Crippen LogP contribution is 2.45. The number of nitrogens with zero attached hydrogens (tertiary/aromatic N) is 2. The molecule has 0 aromatic heterocycles. The lowest BCUT2D eigenvalue weighted by Gasteiger charge is -2.40. The molecule has 0 N–H and O–H groups in total. The molecule has 2 nitrogen and oxygen atoms in total. The molecule has 2 aliphatic heterocycles. The van der Waals surface area contributed by atoms with Gasteiger partial charge in [0.1, 0.15) is 0 Å². The second kappa shape index (κ2) is 6.42. The van der Waals surface area contributed by atoms with E-state index < -0.39 is 0 Å². The van der Waals surface area contributed by atoms with Crippen molar-refractivity contribution in [2.45, 2.75) is 43.7 Å². The summed E-state index contributed by atoms with van der Waals surface area (Å²) < 4.78 is 0. The van der Waals surface area contributed by atoms with Crippen LogP contribution in [-0.4, -0.2) is 24.0 Å². The van der Waals surface area contributed by atoms with E-state index in [0.29, 0.717) is 11.8 Å². The normalized spacial score (nSPS) is 27.6. The zero-order valence-electron chi connectivity index (χ0n) is 14.2. The van der Waals surface area contributed by atoms with E-state index in [-0.39, 0.29) is 0 Å². The molecule has 2 saturated heterocycles. The van der Waals surface area contributed by atoms with E-state index >= 15 is 0 Å². The van der Waals surface area contributed by atoms with Crippen LogP contribution in [-0.2, 0) is 0 Å². The van der Waals surface area contributed by atoms with E-state index in [0.717, 1.165) is 17.6 Å². The lowest BCUT2D eigenvalue weighted by Crippen LogP contribution is -2.41. The van der Waals surface area contributed by atoms with Crippen LogP contribution in [0.4, 0.5) is 0 Å². The first-order valence-electron chi connectivity index (χ1n) is 9.03. The molecular weight excluding hydrogens is 292 g/mol. The van der Waals surface area contributed by atoms with Gasteiger partial charge >= 0.3 is 0 Å². The predicted molar refractivity (Wildman–Crippen MR) is 96.7 cm³/mol. The van der Waals surface area contributed by atoms with Crippen LogP contribution in [0.15, 0.2) is 54.6 Å². The first kappa shape index (κ1) is 15.4. The van der Waals surface area contributed by atoms with Crippen molar-refractivity contribution < 1.29 is 0 Å². The van der Waals surface area contributed by atoms with Crippen molar-refractivity contribution in [3.8, 4) is 6.07 Å². The molecule has 0 spiro atoms. The molecule has 0 amide bonds. The van der Waals surface area contributed by atoms with Gasteiger partial charge in [0, 0.05) is 18.0 Å². The van der Waals surface area contributed by atoms with Gasteiger partial charge in [0.2, 0.25) is 0 Å². The molecule has 2 heteroatoms. The molecule has 0 saturated carbocycles. The molecule has 2 bridgehead atoms. The van der Waals surface area contributed by atoms with Crippen LogP contribution in [0.2, 0.25) is 0 Å². The van der Waals surface area contributed by atoms with Crippen LogP contribution in [0.1, 0.15) is 48.3 Å². The van der Waals surface area contributed by atoms with Gasteiger partial charge in [0.15, 0.2) is 0 Å². The summed E-state index contributed by atoms with van der Waals surface area (Å²) in [6.45, 7) is 0. The molecule has 2 fully saturated rings. The topological polar surface area (TPSA) is 27.0 Å². The summed E-state index contributed by atoms with van der Waals surface area (Å²) in [6, 6.07) is 22.9. The van der Waals surface area contributed by atoms with Gasteiger partial charge in [-0.1, -0.05) is 42.5 Å². The average molecular weight is 316 g/mol. The highest BCUT2D eigenvalue weighted by atomic mass is 15.2. The fourth-order valence-electron chi connectivity index (χ4n) is 4.89. The number of nitriles is 1. The predicted octanol–water partition coefficient (Wildman–Crippen LogP) is 4.56. The Morgan fingerprint density at radius 3 is 2.08 bits per heavy atom. The number of fused-ring (bicyclic) bond motifs is 2. The third kappa shape index (κ3) is 2.74. The van der Waals surface area contributed by atoms with E-state index in [4.69, 9.17) is 5.26 Å². The van der Waals surface area contributed by atoms with E-state index in [1.807, 2.05) is 12.1 Å².